The molecule has 0 aliphatic heterocycles. The summed E-state index contributed by atoms with van der Waals surface area (Å²) >= 11 is 6.43. The van der Waals surface area contributed by atoms with Gasteiger partial charge in [0.2, 0.25) is 20.0 Å². The second-order valence-corrected chi connectivity index (χ2v) is 18.9. The van der Waals surface area contributed by atoms with Gasteiger partial charge in [-0.25, -0.2) is 21.4 Å². The molecule has 52 heavy (non-hydrogen) atoms. The number of carbonyl (C=O) groups excluding carboxylic acids is 1. The quantitative estimate of drug-likeness (QED) is 0.0664. The van der Waals surface area contributed by atoms with E-state index in [4.69, 9.17) is 16.3 Å². The Hall–Kier alpha value is -3.04. The average Bonchev–Trinajstić information content (AvgIpc) is 3.59. The number of halogens is 1. The number of rotatable bonds is 24. The molecular weight excluding hydrogens is 726 g/mol. The van der Waals surface area contributed by atoms with Gasteiger partial charge in [-0.15, -0.1) is 10.2 Å². The highest BCUT2D eigenvalue weighted by Crippen LogP contribution is 2.36. The van der Waals surface area contributed by atoms with Crippen LogP contribution in [0.2, 0.25) is 5.02 Å². The van der Waals surface area contributed by atoms with Gasteiger partial charge in [0.1, 0.15) is 10.8 Å². The maximum absolute atomic E-state index is 14.2. The zero-order chi connectivity index (χ0) is 38.7. The number of benzene rings is 1. The number of sulfonamides is 2. The molecule has 0 fully saturated rings. The van der Waals surface area contributed by atoms with Crippen LogP contribution in [-0.2, 0) is 30.3 Å². The summed E-state index contributed by atoms with van der Waals surface area (Å²) in [6.07, 6.45) is 12.8. The standard InChI is InChI=1S/C36H60ClN7O6S2/c1-9-11-13-14-15-16-17-18-19-20-21-30(33(45)38-36(6,7)35(4,5)34-40-39-32-31(37)26(3)41-44(32)34)50-29-23-22-27(25-28(29)43-51(8,46)47)42-52(48,49)24-12-10-2/h22-23,25,30,41-43H,9-21,24H2,1-8H3,(H,38,45). The van der Waals surface area contributed by atoms with Crippen LogP contribution in [0, 0.1) is 6.92 Å². The maximum atomic E-state index is 14.2. The molecule has 2 heterocycles. The van der Waals surface area contributed by atoms with Crippen molar-refractivity contribution in [3.63, 3.8) is 0 Å². The number of ether oxygens (including phenoxy) is 1. The Morgan fingerprint density at radius 2 is 1.50 bits per heavy atom. The van der Waals surface area contributed by atoms with Crippen molar-refractivity contribution in [3.05, 3.63) is 34.7 Å². The molecule has 1 unspecified atom stereocenters. The number of fused-ring (bicyclic) bond motifs is 1. The van der Waals surface area contributed by atoms with Crippen molar-refractivity contribution in [1.29, 1.82) is 0 Å². The molecule has 0 spiro atoms. The van der Waals surface area contributed by atoms with E-state index in [-0.39, 0.29) is 28.8 Å². The first kappa shape index (κ1) is 43.4. The largest absolute Gasteiger partial charge is 0.478 e. The Balaban J connectivity index is 1.86. The van der Waals surface area contributed by atoms with E-state index >= 15 is 0 Å². The fraction of sp³-hybridized carbons (Fsp3) is 0.694. The lowest BCUT2D eigenvalue weighted by Crippen LogP contribution is -2.59. The van der Waals surface area contributed by atoms with E-state index < -0.39 is 37.1 Å². The van der Waals surface area contributed by atoms with Crippen molar-refractivity contribution >= 4 is 54.6 Å². The lowest BCUT2D eigenvalue weighted by molar-refractivity contribution is -0.130. The van der Waals surface area contributed by atoms with E-state index in [0.717, 1.165) is 31.2 Å². The molecule has 2 aromatic heterocycles. The molecule has 16 heteroatoms. The molecule has 0 radical (unpaired) electrons. The van der Waals surface area contributed by atoms with Gasteiger partial charge in [0.15, 0.2) is 17.6 Å². The van der Waals surface area contributed by atoms with Gasteiger partial charge in [-0.1, -0.05) is 104 Å². The Morgan fingerprint density at radius 1 is 0.904 bits per heavy atom. The molecule has 0 bridgehead atoms. The van der Waals surface area contributed by atoms with Gasteiger partial charge < -0.3 is 10.1 Å². The summed E-state index contributed by atoms with van der Waals surface area (Å²) in [5, 5.41) is 15.5. The van der Waals surface area contributed by atoms with E-state index in [0.29, 0.717) is 42.2 Å². The molecule has 1 aromatic carbocycles. The lowest BCUT2D eigenvalue weighted by atomic mass is 9.73. The fourth-order valence-electron chi connectivity index (χ4n) is 5.90. The zero-order valence-electron chi connectivity index (χ0n) is 32.2. The number of H-pyrrole nitrogens is 1. The first-order valence-corrected chi connectivity index (χ1v) is 22.4. The highest BCUT2D eigenvalue weighted by Gasteiger charge is 2.45. The molecule has 3 aromatic rings. The summed E-state index contributed by atoms with van der Waals surface area (Å²) in [7, 11) is -7.45. The molecule has 1 atom stereocenters. The van der Waals surface area contributed by atoms with Crippen LogP contribution < -0.4 is 19.5 Å². The molecule has 13 nitrogen and oxygen atoms in total. The summed E-state index contributed by atoms with van der Waals surface area (Å²) < 4.78 is 63.1. The summed E-state index contributed by atoms with van der Waals surface area (Å²) in [5.74, 6) is 0.222. The number of amides is 1. The Labute approximate surface area is 315 Å². The number of unbranched alkanes of at least 4 members (excludes halogenated alkanes) is 10. The van der Waals surface area contributed by atoms with Crippen molar-refractivity contribution in [2.75, 3.05) is 21.5 Å². The topological polar surface area (TPSA) is 177 Å². The van der Waals surface area contributed by atoms with Crippen LogP contribution in [-0.4, -0.2) is 66.2 Å². The molecule has 294 valence electrons. The minimum atomic E-state index is -3.80. The third kappa shape index (κ3) is 12.3. The second-order valence-electron chi connectivity index (χ2n) is 14.9. The zero-order valence-corrected chi connectivity index (χ0v) is 34.6. The minimum Gasteiger partial charge on any atom is -0.478 e. The summed E-state index contributed by atoms with van der Waals surface area (Å²) in [4.78, 5) is 14.2. The van der Waals surface area contributed by atoms with Crippen LogP contribution in [0.4, 0.5) is 11.4 Å². The predicted molar refractivity (Wildman–Crippen MR) is 210 cm³/mol. The third-order valence-electron chi connectivity index (χ3n) is 9.72. The molecule has 4 N–H and O–H groups in total. The fourth-order valence-corrected chi connectivity index (χ4v) is 7.88. The maximum Gasteiger partial charge on any atom is 0.261 e. The Morgan fingerprint density at radius 3 is 2.10 bits per heavy atom. The number of aromatic amines is 1. The molecule has 0 aliphatic carbocycles. The Kier molecular flexibility index (Phi) is 15.7. The van der Waals surface area contributed by atoms with Crippen LogP contribution in [0.3, 0.4) is 0 Å². The number of aromatic nitrogens is 4. The van der Waals surface area contributed by atoms with Crippen molar-refractivity contribution in [1.82, 2.24) is 25.1 Å². The second kappa shape index (κ2) is 18.8. The summed E-state index contributed by atoms with van der Waals surface area (Å²) in [6.45, 7) is 13.7. The highest BCUT2D eigenvalue weighted by atomic mass is 35.5. The first-order chi connectivity index (χ1) is 24.3. The molecule has 0 saturated carbocycles. The van der Waals surface area contributed by atoms with E-state index in [1.54, 1.807) is 4.52 Å². The van der Waals surface area contributed by atoms with Crippen LogP contribution in [0.5, 0.6) is 5.75 Å². The smallest absolute Gasteiger partial charge is 0.261 e. The van der Waals surface area contributed by atoms with Gasteiger partial charge in [-0.3, -0.25) is 19.3 Å². The number of nitrogens with zero attached hydrogens (tertiary/aromatic N) is 3. The molecular formula is C36H60ClN7O6S2. The van der Waals surface area contributed by atoms with E-state index in [9.17, 15) is 21.6 Å². The first-order valence-electron chi connectivity index (χ1n) is 18.5. The third-order valence-corrected chi connectivity index (χ3v) is 12.1. The van der Waals surface area contributed by atoms with E-state index in [1.807, 2.05) is 41.5 Å². The number of hydrogen-bond donors (Lipinski definition) is 4. The van der Waals surface area contributed by atoms with Crippen molar-refractivity contribution in [3.8, 4) is 5.75 Å². The molecule has 0 saturated heterocycles. The van der Waals surface area contributed by atoms with E-state index in [2.05, 4.69) is 37.0 Å². The SMILES string of the molecule is CCCCCCCCCCCCC(Oc1ccc(NS(=O)(=O)CCCC)cc1NS(C)(=O)=O)C(=O)NC(C)(C)C(C)(C)c1nnc2c(Cl)c(C)[nH]n12. The van der Waals surface area contributed by atoms with Gasteiger partial charge >= 0.3 is 0 Å². The minimum absolute atomic E-state index is 0.0171. The highest BCUT2D eigenvalue weighted by molar-refractivity contribution is 7.92. The number of aryl methyl sites for hydroxylation is 1. The van der Waals surface area contributed by atoms with Crippen LogP contribution in [0.15, 0.2) is 18.2 Å². The number of hydrogen-bond acceptors (Lipinski definition) is 8. The van der Waals surface area contributed by atoms with Crippen molar-refractivity contribution in [2.24, 2.45) is 0 Å². The lowest BCUT2D eigenvalue weighted by Gasteiger charge is -2.41. The summed E-state index contributed by atoms with van der Waals surface area (Å²) in [6, 6.07) is 4.33. The van der Waals surface area contributed by atoms with Crippen LogP contribution in [0.1, 0.15) is 137 Å². The predicted octanol–water partition coefficient (Wildman–Crippen LogP) is 7.86. The number of carbonyl (C=O) groups is 1. The van der Waals surface area contributed by atoms with Gasteiger partial charge in [-0.05, 0) is 58.2 Å². The van der Waals surface area contributed by atoms with Gasteiger partial charge in [-0.2, -0.15) is 0 Å². The monoisotopic (exact) mass is 785 g/mol. The van der Waals surface area contributed by atoms with Crippen molar-refractivity contribution in [2.45, 2.75) is 149 Å². The molecule has 1 amide bonds. The van der Waals surface area contributed by atoms with Gasteiger partial charge in [0.05, 0.1) is 29.1 Å². The normalized spacial score (nSPS) is 13.3. The van der Waals surface area contributed by atoms with Gasteiger partial charge in [0.25, 0.3) is 5.91 Å². The van der Waals surface area contributed by atoms with Gasteiger partial charge in [0, 0.05) is 11.0 Å². The number of anilines is 2. The number of nitrogens with one attached hydrogen (secondary N) is 4. The Bertz CT molecular complexity index is 1840. The summed E-state index contributed by atoms with van der Waals surface area (Å²) in [5.41, 5.74) is -0.214. The average molecular weight is 787 g/mol. The molecule has 3 rings (SSSR count). The van der Waals surface area contributed by atoms with Crippen LogP contribution in [0.25, 0.3) is 5.65 Å². The van der Waals surface area contributed by atoms with E-state index in [1.165, 1.54) is 56.7 Å². The molecule has 0 aliphatic rings. The van der Waals surface area contributed by atoms with Crippen LogP contribution >= 0.6 is 11.6 Å². The van der Waals surface area contributed by atoms with Crippen molar-refractivity contribution < 1.29 is 26.4 Å².